The van der Waals surface area contributed by atoms with Crippen molar-refractivity contribution >= 4 is 10.8 Å². The van der Waals surface area contributed by atoms with Gasteiger partial charge in [-0.1, -0.05) is 44.2 Å². The molecule has 0 aliphatic heterocycles. The first-order valence-corrected chi connectivity index (χ1v) is 10.1. The summed E-state index contributed by atoms with van der Waals surface area (Å²) in [7, 11) is 0. The second-order valence-electron chi connectivity index (χ2n) is 7.58. The van der Waals surface area contributed by atoms with Crippen LogP contribution in [0.2, 0.25) is 0 Å². The molecule has 0 spiro atoms. The highest BCUT2D eigenvalue weighted by atomic mass is 16.3. The molecule has 2 aromatic rings. The van der Waals surface area contributed by atoms with E-state index < -0.39 is 6.10 Å². The maximum absolute atomic E-state index is 11.3. The third-order valence-corrected chi connectivity index (χ3v) is 5.78. The molecule has 2 aromatic carbocycles. The number of aryl methyl sites for hydroxylation is 2. The first kappa shape index (κ1) is 18.4. The van der Waals surface area contributed by atoms with Crippen molar-refractivity contribution in [2.24, 2.45) is 0 Å². The van der Waals surface area contributed by atoms with Crippen molar-refractivity contribution < 1.29 is 5.11 Å². The quantitative estimate of drug-likeness (QED) is 0.743. The van der Waals surface area contributed by atoms with Gasteiger partial charge in [0.05, 0.1) is 6.10 Å². The molecular formula is C23H33NO. The minimum atomic E-state index is -0.435. The summed E-state index contributed by atoms with van der Waals surface area (Å²) in [4.78, 5) is 2.44. The Morgan fingerprint density at radius 3 is 2.32 bits per heavy atom. The van der Waals surface area contributed by atoms with E-state index in [4.69, 9.17) is 0 Å². The molecule has 1 N–H and O–H groups in total. The van der Waals surface area contributed by atoms with Gasteiger partial charge in [-0.25, -0.2) is 0 Å². The highest BCUT2D eigenvalue weighted by molar-refractivity contribution is 5.90. The fraction of sp³-hybridized carbons (Fsp3) is 0.565. The fourth-order valence-electron chi connectivity index (χ4n) is 4.46. The van der Waals surface area contributed by atoms with Crippen molar-refractivity contribution in [2.75, 3.05) is 13.1 Å². The van der Waals surface area contributed by atoms with Gasteiger partial charge in [-0.05, 0) is 86.0 Å². The van der Waals surface area contributed by atoms with Crippen LogP contribution in [0, 0.1) is 0 Å². The molecule has 1 aliphatic rings. The van der Waals surface area contributed by atoms with Crippen molar-refractivity contribution in [1.82, 2.24) is 4.90 Å². The normalized spacial score (nSPS) is 16.8. The van der Waals surface area contributed by atoms with E-state index in [2.05, 4.69) is 56.0 Å². The molecule has 1 aliphatic carbocycles. The zero-order valence-electron chi connectivity index (χ0n) is 16.1. The third kappa shape index (κ3) is 3.75. The number of rotatable bonds is 7. The largest absolute Gasteiger partial charge is 0.387 e. The van der Waals surface area contributed by atoms with Gasteiger partial charge in [0.15, 0.2) is 0 Å². The topological polar surface area (TPSA) is 23.5 Å². The first-order valence-electron chi connectivity index (χ1n) is 10.1. The van der Waals surface area contributed by atoms with Crippen LogP contribution in [0.5, 0.6) is 0 Å². The van der Waals surface area contributed by atoms with E-state index in [1.807, 2.05) is 0 Å². The lowest BCUT2D eigenvalue weighted by Gasteiger charge is -2.33. The van der Waals surface area contributed by atoms with Gasteiger partial charge in [0.25, 0.3) is 0 Å². The van der Waals surface area contributed by atoms with E-state index in [1.54, 1.807) is 0 Å². The molecule has 0 saturated carbocycles. The van der Waals surface area contributed by atoms with E-state index in [0.29, 0.717) is 0 Å². The van der Waals surface area contributed by atoms with Gasteiger partial charge in [0.2, 0.25) is 0 Å². The molecule has 0 saturated heterocycles. The highest BCUT2D eigenvalue weighted by Crippen LogP contribution is 2.35. The van der Waals surface area contributed by atoms with Gasteiger partial charge in [-0.2, -0.15) is 0 Å². The predicted octanol–water partition coefficient (Wildman–Crippen LogP) is 5.26. The van der Waals surface area contributed by atoms with Crippen molar-refractivity contribution in [3.8, 4) is 0 Å². The van der Waals surface area contributed by atoms with Crippen LogP contribution < -0.4 is 0 Å². The Bertz CT molecular complexity index is 703. The molecule has 0 fully saturated rings. The number of benzene rings is 2. The van der Waals surface area contributed by atoms with Gasteiger partial charge in [-0.3, -0.25) is 4.90 Å². The molecule has 0 amide bonds. The predicted molar refractivity (Wildman–Crippen MR) is 107 cm³/mol. The number of aliphatic hydroxyl groups is 1. The number of aliphatic hydroxyl groups excluding tert-OH is 1. The lowest BCUT2D eigenvalue weighted by Crippen LogP contribution is -2.38. The summed E-state index contributed by atoms with van der Waals surface area (Å²) in [5, 5.41) is 13.9. The zero-order chi connectivity index (χ0) is 17.8. The van der Waals surface area contributed by atoms with Gasteiger partial charge < -0.3 is 5.11 Å². The average Bonchev–Trinajstić information content (AvgIpc) is 2.66. The van der Waals surface area contributed by atoms with E-state index in [0.717, 1.165) is 37.9 Å². The molecule has 0 unspecified atom stereocenters. The Kier molecular flexibility index (Phi) is 6.14. The molecular weight excluding hydrogens is 306 g/mol. The van der Waals surface area contributed by atoms with Gasteiger partial charge in [0.1, 0.15) is 0 Å². The van der Waals surface area contributed by atoms with Gasteiger partial charge >= 0.3 is 0 Å². The maximum Gasteiger partial charge on any atom is 0.0948 e. The molecule has 0 heterocycles. The highest BCUT2D eigenvalue weighted by Gasteiger charge is 2.25. The maximum atomic E-state index is 11.3. The summed E-state index contributed by atoms with van der Waals surface area (Å²) in [5.74, 6) is 0. The SMILES string of the molecule is CCCN(CCC)[C@H](C)[C@@H](O)c1cc2c(c3ccccc13)CCCC2. The molecule has 2 nitrogen and oxygen atoms in total. The Morgan fingerprint density at radius 1 is 1.00 bits per heavy atom. The fourth-order valence-corrected chi connectivity index (χ4v) is 4.46. The van der Waals surface area contributed by atoms with Crippen molar-refractivity contribution in [2.45, 2.75) is 71.4 Å². The molecule has 136 valence electrons. The standard InChI is InChI=1S/C23H33NO/c1-4-14-24(15-5-2)17(3)23(25)22-16-18-10-6-7-11-19(18)20-12-8-9-13-21(20)22/h8-9,12-13,16-17,23,25H,4-7,10-11,14-15H2,1-3H3/t17-,23-/m1/s1. The van der Waals surface area contributed by atoms with Crippen LogP contribution in [0.4, 0.5) is 0 Å². The van der Waals surface area contributed by atoms with Crippen LogP contribution in [0.1, 0.15) is 69.2 Å². The lowest BCUT2D eigenvalue weighted by atomic mass is 9.83. The Balaban J connectivity index is 2.02. The summed E-state index contributed by atoms with van der Waals surface area (Å²) in [6.07, 6.45) is 6.71. The van der Waals surface area contributed by atoms with E-state index in [1.165, 1.54) is 41.2 Å². The zero-order valence-corrected chi connectivity index (χ0v) is 16.1. The van der Waals surface area contributed by atoms with Crippen LogP contribution in [-0.2, 0) is 12.8 Å². The van der Waals surface area contributed by atoms with E-state index in [-0.39, 0.29) is 6.04 Å². The summed E-state index contributed by atoms with van der Waals surface area (Å²) in [5.41, 5.74) is 4.11. The number of nitrogens with zero attached hydrogens (tertiary/aromatic N) is 1. The smallest absolute Gasteiger partial charge is 0.0948 e. The Morgan fingerprint density at radius 2 is 1.64 bits per heavy atom. The van der Waals surface area contributed by atoms with Crippen LogP contribution in [0.3, 0.4) is 0 Å². The average molecular weight is 340 g/mol. The van der Waals surface area contributed by atoms with E-state index in [9.17, 15) is 5.11 Å². The molecule has 0 bridgehead atoms. The Hall–Kier alpha value is -1.38. The van der Waals surface area contributed by atoms with E-state index >= 15 is 0 Å². The summed E-state index contributed by atoms with van der Waals surface area (Å²) in [6, 6.07) is 11.1. The number of fused-ring (bicyclic) bond motifs is 3. The monoisotopic (exact) mass is 339 g/mol. The molecule has 2 heteroatoms. The second-order valence-corrected chi connectivity index (χ2v) is 7.58. The lowest BCUT2D eigenvalue weighted by molar-refractivity contribution is 0.0585. The second kappa shape index (κ2) is 8.33. The van der Waals surface area contributed by atoms with Crippen LogP contribution in [0.15, 0.2) is 30.3 Å². The third-order valence-electron chi connectivity index (χ3n) is 5.78. The van der Waals surface area contributed by atoms with Crippen LogP contribution >= 0.6 is 0 Å². The summed E-state index contributed by atoms with van der Waals surface area (Å²) in [6.45, 7) is 8.72. The number of hydrogen-bond acceptors (Lipinski definition) is 2. The molecule has 2 atom stereocenters. The minimum Gasteiger partial charge on any atom is -0.387 e. The van der Waals surface area contributed by atoms with Crippen LogP contribution in [0.25, 0.3) is 10.8 Å². The van der Waals surface area contributed by atoms with Gasteiger partial charge in [-0.15, -0.1) is 0 Å². The first-order chi connectivity index (χ1) is 12.2. The van der Waals surface area contributed by atoms with Crippen LogP contribution in [-0.4, -0.2) is 29.1 Å². The molecule has 3 rings (SSSR count). The number of hydrogen-bond donors (Lipinski definition) is 1. The molecule has 0 radical (unpaired) electrons. The summed E-state index contributed by atoms with van der Waals surface area (Å²) < 4.78 is 0. The Labute approximate surface area is 152 Å². The van der Waals surface area contributed by atoms with Crippen molar-refractivity contribution in [1.29, 1.82) is 0 Å². The molecule has 25 heavy (non-hydrogen) atoms. The summed E-state index contributed by atoms with van der Waals surface area (Å²) >= 11 is 0. The minimum absolute atomic E-state index is 0.143. The van der Waals surface area contributed by atoms with Crippen molar-refractivity contribution in [3.63, 3.8) is 0 Å². The van der Waals surface area contributed by atoms with Crippen molar-refractivity contribution in [3.05, 3.63) is 47.0 Å². The molecule has 0 aromatic heterocycles. The van der Waals surface area contributed by atoms with Gasteiger partial charge in [0, 0.05) is 6.04 Å².